The number of non-ortho nitro benzene ring substituents is 1. The van der Waals surface area contributed by atoms with E-state index in [0.717, 1.165) is 17.6 Å². The molecule has 0 saturated carbocycles. The maximum atomic E-state index is 13.5. The fourth-order valence-electron chi connectivity index (χ4n) is 5.22. The number of ether oxygens (including phenoxy) is 1. The molecule has 1 aromatic carbocycles. The molecule has 0 spiro atoms. The van der Waals surface area contributed by atoms with E-state index in [2.05, 4.69) is 4.98 Å². The molecule has 5 rings (SSSR count). The van der Waals surface area contributed by atoms with Gasteiger partial charge in [0.1, 0.15) is 23.4 Å². The Kier molecular flexibility index (Phi) is 7.02. The largest absolute Gasteiger partial charge is 0.609 e. The summed E-state index contributed by atoms with van der Waals surface area (Å²) in [7, 11) is -3.78. The second kappa shape index (κ2) is 9.95. The third-order valence-corrected chi connectivity index (χ3v) is 10.1. The van der Waals surface area contributed by atoms with Gasteiger partial charge in [-0.25, -0.2) is 17.6 Å². The fraction of sp³-hybridized carbons (Fsp3) is 0.375. The molecule has 13 nitrogen and oxygen atoms in total. The Labute approximate surface area is 235 Å². The molecule has 212 valence electrons. The van der Waals surface area contributed by atoms with E-state index in [1.54, 1.807) is 13.1 Å². The molecule has 40 heavy (non-hydrogen) atoms. The van der Waals surface area contributed by atoms with Crippen LogP contribution in [0.5, 0.6) is 0 Å². The third-order valence-electron chi connectivity index (χ3n) is 7.01. The standard InChI is InChI=1S/C24H24N4O9S3/c1-11-16(15-9-26-22(38-15)20(40(4,35)36)25-24(26)39(3)34)19(27-18(11)17(12(2)29)21(27)30)23(31)37-10-13-5-7-14(8-6-13)28(32)33/h5-9,11-12,17-18,29H,10H2,1-4H3/t11-,12+,17+,18+,39?/m0/s1. The Morgan fingerprint density at radius 2 is 1.98 bits per heavy atom. The van der Waals surface area contributed by atoms with Gasteiger partial charge in [0, 0.05) is 47.3 Å². The van der Waals surface area contributed by atoms with Crippen molar-refractivity contribution in [2.24, 2.45) is 11.8 Å². The first-order valence-corrected chi connectivity index (χ1v) is 16.2. The molecule has 2 aliphatic rings. The summed E-state index contributed by atoms with van der Waals surface area (Å²) in [6.07, 6.45) is 2.94. The van der Waals surface area contributed by atoms with Gasteiger partial charge < -0.3 is 19.3 Å². The van der Waals surface area contributed by atoms with Crippen molar-refractivity contribution >= 4 is 60.3 Å². The van der Waals surface area contributed by atoms with Crippen molar-refractivity contribution in [3.63, 3.8) is 0 Å². The summed E-state index contributed by atoms with van der Waals surface area (Å²) in [6, 6.07) is 4.94. The SMILES string of the molecule is C[C@@H](O)[C@H]1C(=O)N2C(C(=O)OCc3ccc([N+](=O)[O-])cc3)=C(c3cn4c([S+](C)[O-])nc(S(C)(=O)=O)c4s3)[C@H](C)[C@H]12. The first-order valence-electron chi connectivity index (χ1n) is 11.9. The maximum Gasteiger partial charge on any atom is 0.355 e. The summed E-state index contributed by atoms with van der Waals surface area (Å²) in [5.74, 6) is -2.45. The number of aromatic nitrogens is 2. The molecule has 3 aromatic rings. The van der Waals surface area contributed by atoms with Gasteiger partial charge in [-0.2, -0.15) is 4.98 Å². The number of hydrogen-bond donors (Lipinski definition) is 1. The van der Waals surface area contributed by atoms with Gasteiger partial charge in [0.05, 0.1) is 27.9 Å². The highest BCUT2D eigenvalue weighted by Gasteiger charge is 2.60. The van der Waals surface area contributed by atoms with E-state index < -0.39 is 61.8 Å². The topological polar surface area (TPSA) is 184 Å². The van der Waals surface area contributed by atoms with Crippen LogP contribution in [-0.2, 0) is 41.9 Å². The molecule has 0 aliphatic carbocycles. The van der Waals surface area contributed by atoms with Crippen molar-refractivity contribution in [3.8, 4) is 0 Å². The zero-order chi connectivity index (χ0) is 29.3. The quantitative estimate of drug-likeness (QED) is 0.130. The molecule has 16 heteroatoms. The molecule has 0 bridgehead atoms. The molecule has 2 aliphatic heterocycles. The molecule has 0 radical (unpaired) electrons. The number of thiazole rings is 1. The van der Waals surface area contributed by atoms with E-state index in [1.165, 1.54) is 46.7 Å². The first kappa shape index (κ1) is 28.2. The monoisotopic (exact) mass is 608 g/mol. The minimum Gasteiger partial charge on any atom is -0.609 e. The Morgan fingerprint density at radius 1 is 1.32 bits per heavy atom. The molecule has 1 saturated heterocycles. The summed E-state index contributed by atoms with van der Waals surface area (Å²) in [5.41, 5.74) is 0.771. The smallest absolute Gasteiger partial charge is 0.355 e. The van der Waals surface area contributed by atoms with E-state index in [-0.39, 0.29) is 33.0 Å². The van der Waals surface area contributed by atoms with Crippen LogP contribution in [0.2, 0.25) is 0 Å². The number of aliphatic hydroxyl groups is 1. The highest BCUT2D eigenvalue weighted by molar-refractivity contribution is 7.91. The third kappa shape index (κ3) is 4.49. The van der Waals surface area contributed by atoms with E-state index >= 15 is 0 Å². The predicted molar refractivity (Wildman–Crippen MR) is 143 cm³/mol. The Morgan fingerprint density at radius 3 is 2.52 bits per heavy atom. The Balaban J connectivity index is 1.58. The van der Waals surface area contributed by atoms with Crippen LogP contribution in [0.1, 0.15) is 24.3 Å². The van der Waals surface area contributed by atoms with Gasteiger partial charge in [-0.3, -0.25) is 14.9 Å². The molecule has 1 N–H and O–H groups in total. The molecule has 2 aromatic heterocycles. The van der Waals surface area contributed by atoms with Gasteiger partial charge in [-0.15, -0.1) is 11.3 Å². The number of rotatable bonds is 8. The van der Waals surface area contributed by atoms with Gasteiger partial charge in [-0.05, 0) is 24.6 Å². The second-order valence-electron chi connectivity index (χ2n) is 9.71. The lowest BCUT2D eigenvalue weighted by Crippen LogP contribution is -2.63. The molecule has 1 amide bonds. The van der Waals surface area contributed by atoms with Crippen LogP contribution in [0.15, 0.2) is 46.3 Å². The summed E-state index contributed by atoms with van der Waals surface area (Å²) >= 11 is -0.604. The number of carbonyl (C=O) groups excluding carboxylic acids is 2. The number of sulfone groups is 1. The van der Waals surface area contributed by atoms with Gasteiger partial charge in [0.2, 0.25) is 5.91 Å². The minimum atomic E-state index is -3.78. The van der Waals surface area contributed by atoms with E-state index in [9.17, 15) is 37.8 Å². The zero-order valence-electron chi connectivity index (χ0n) is 21.6. The molecule has 5 atom stereocenters. The number of esters is 1. The van der Waals surface area contributed by atoms with E-state index in [0.29, 0.717) is 16.0 Å². The second-order valence-corrected chi connectivity index (χ2v) is 13.9. The van der Waals surface area contributed by atoms with Crippen LogP contribution in [-0.4, -0.2) is 73.8 Å². The Bertz CT molecular complexity index is 1690. The number of nitro benzene ring substituents is 1. The van der Waals surface area contributed by atoms with Gasteiger partial charge in [0.15, 0.2) is 14.9 Å². The molecule has 1 fully saturated rings. The van der Waals surface area contributed by atoms with Crippen molar-refractivity contribution in [1.82, 2.24) is 14.3 Å². The van der Waals surface area contributed by atoms with Crippen LogP contribution in [0.25, 0.3) is 10.4 Å². The number of hydrogen-bond acceptors (Lipinski definition) is 11. The zero-order valence-corrected chi connectivity index (χ0v) is 24.1. The number of amides is 1. The van der Waals surface area contributed by atoms with Crippen LogP contribution in [0.4, 0.5) is 5.69 Å². The van der Waals surface area contributed by atoms with Gasteiger partial charge in [0.25, 0.3) is 5.69 Å². The molecular formula is C24H24N4O9S3. The van der Waals surface area contributed by atoms with Crippen molar-refractivity contribution in [3.05, 3.63) is 56.7 Å². The normalized spacial score (nSPS) is 22.3. The summed E-state index contributed by atoms with van der Waals surface area (Å²) < 4.78 is 44.2. The van der Waals surface area contributed by atoms with Gasteiger partial charge in [-0.1, -0.05) is 6.92 Å². The summed E-state index contributed by atoms with van der Waals surface area (Å²) in [5, 5.41) is 21.0. The van der Waals surface area contributed by atoms with Crippen molar-refractivity contribution in [2.75, 3.05) is 12.5 Å². The summed E-state index contributed by atoms with van der Waals surface area (Å²) in [6.45, 7) is 3.08. The van der Waals surface area contributed by atoms with E-state index in [4.69, 9.17) is 4.74 Å². The van der Waals surface area contributed by atoms with Crippen LogP contribution >= 0.6 is 11.3 Å². The summed E-state index contributed by atoms with van der Waals surface area (Å²) in [4.78, 5) is 43.0. The number of aliphatic hydroxyl groups excluding tert-OH is 1. The average Bonchev–Trinajstić information content (AvgIpc) is 3.50. The van der Waals surface area contributed by atoms with Gasteiger partial charge >= 0.3 is 11.1 Å². The number of imidazole rings is 1. The lowest BCUT2D eigenvalue weighted by atomic mass is 9.77. The minimum absolute atomic E-state index is 0.0210. The molecular weight excluding hydrogens is 584 g/mol. The van der Waals surface area contributed by atoms with E-state index in [1.807, 2.05) is 0 Å². The Hall–Kier alpha value is -3.31. The number of β-lactam (4-membered cyclic amide) rings is 1. The maximum absolute atomic E-state index is 13.5. The number of benzene rings is 1. The molecule has 4 heterocycles. The van der Waals surface area contributed by atoms with Crippen molar-refractivity contribution in [1.29, 1.82) is 0 Å². The number of nitro groups is 1. The van der Waals surface area contributed by atoms with Crippen LogP contribution in [0.3, 0.4) is 0 Å². The first-order chi connectivity index (χ1) is 18.7. The average molecular weight is 609 g/mol. The highest BCUT2D eigenvalue weighted by Crippen LogP contribution is 2.52. The van der Waals surface area contributed by atoms with Crippen molar-refractivity contribution < 1.29 is 37.3 Å². The van der Waals surface area contributed by atoms with Crippen LogP contribution < -0.4 is 0 Å². The highest BCUT2D eigenvalue weighted by atomic mass is 32.2. The lowest BCUT2D eigenvalue weighted by molar-refractivity contribution is -0.384. The molecule has 1 unspecified atom stereocenters. The van der Waals surface area contributed by atoms with Crippen LogP contribution in [0, 0.1) is 22.0 Å². The predicted octanol–water partition coefficient (Wildman–Crippen LogP) is 1.76. The number of fused-ring (bicyclic) bond motifs is 2. The number of nitrogens with zero attached hydrogens (tertiary/aromatic N) is 4. The number of carbonyl (C=O) groups is 2. The van der Waals surface area contributed by atoms with Crippen molar-refractivity contribution in [2.45, 2.75) is 42.8 Å². The fourth-order valence-corrected chi connectivity index (χ4v) is 8.35. The lowest BCUT2D eigenvalue weighted by Gasteiger charge is -2.46.